The number of amides is 1. The number of hydrogen-bond acceptors (Lipinski definition) is 4. The van der Waals surface area contributed by atoms with Crippen LogP contribution in [0.3, 0.4) is 0 Å². The van der Waals surface area contributed by atoms with Gasteiger partial charge in [-0.25, -0.2) is 0 Å². The van der Waals surface area contributed by atoms with Gasteiger partial charge in [-0.3, -0.25) is 4.79 Å². The molecule has 4 N–H and O–H groups in total. The molecule has 2 aromatic carbocycles. The van der Waals surface area contributed by atoms with Crippen molar-refractivity contribution in [3.05, 3.63) is 54.1 Å². The largest absolute Gasteiger partial charge is 0.435 e. The van der Waals surface area contributed by atoms with E-state index in [0.717, 1.165) is 29.8 Å². The first kappa shape index (κ1) is 18.1. The van der Waals surface area contributed by atoms with E-state index in [1.165, 1.54) is 12.1 Å². The predicted molar refractivity (Wildman–Crippen MR) is 95.5 cm³/mol. The van der Waals surface area contributed by atoms with Crippen molar-refractivity contribution in [2.75, 3.05) is 5.32 Å². The number of alkyl halides is 2. The maximum absolute atomic E-state index is 12.1. The van der Waals surface area contributed by atoms with Crippen molar-refractivity contribution in [1.29, 1.82) is 0 Å². The Balaban J connectivity index is 1.57. The highest BCUT2D eigenvalue weighted by atomic mass is 19.3. The van der Waals surface area contributed by atoms with E-state index in [2.05, 4.69) is 15.4 Å². The lowest BCUT2D eigenvalue weighted by molar-refractivity contribution is -0.123. The van der Waals surface area contributed by atoms with E-state index in [1.807, 2.05) is 31.2 Å². The molecule has 1 fully saturated rings. The van der Waals surface area contributed by atoms with Crippen LogP contribution in [0.1, 0.15) is 31.4 Å². The average molecular weight is 361 g/mol. The van der Waals surface area contributed by atoms with Gasteiger partial charge in [-0.1, -0.05) is 12.1 Å². The minimum atomic E-state index is -2.84. The van der Waals surface area contributed by atoms with Crippen LogP contribution >= 0.6 is 0 Å². The van der Waals surface area contributed by atoms with E-state index >= 15 is 0 Å². The fraction of sp³-hybridized carbons (Fsp3) is 0.316. The number of nitrogens with two attached hydrogens (primary N) is 1. The van der Waals surface area contributed by atoms with Gasteiger partial charge in [-0.2, -0.15) is 8.78 Å². The summed E-state index contributed by atoms with van der Waals surface area (Å²) in [4.78, 5) is 12.0. The number of rotatable bonds is 7. The highest BCUT2D eigenvalue weighted by Gasteiger charge is 2.46. The summed E-state index contributed by atoms with van der Waals surface area (Å²) >= 11 is 0. The Morgan fingerprint density at radius 1 is 1.08 bits per heavy atom. The van der Waals surface area contributed by atoms with Gasteiger partial charge in [-0.05, 0) is 61.7 Å². The van der Waals surface area contributed by atoms with Gasteiger partial charge in [0.2, 0.25) is 5.91 Å². The standard InChI is InChI=1S/C19H21F2N3O2/c1-12(23-17(25)19(22)10-11-19)13-2-4-14(5-3-13)24-15-6-8-16(9-7-15)26-18(20)21/h2-9,12,18,24H,10-11,22H2,1H3,(H,23,25). The average Bonchev–Trinajstić information content (AvgIpc) is 3.36. The van der Waals surface area contributed by atoms with Crippen LogP contribution < -0.4 is 21.1 Å². The molecule has 1 amide bonds. The van der Waals surface area contributed by atoms with Gasteiger partial charge in [0, 0.05) is 11.4 Å². The van der Waals surface area contributed by atoms with Gasteiger partial charge in [-0.15, -0.1) is 0 Å². The Morgan fingerprint density at radius 3 is 2.12 bits per heavy atom. The lowest BCUT2D eigenvalue weighted by Crippen LogP contribution is -2.43. The van der Waals surface area contributed by atoms with Crippen molar-refractivity contribution in [2.24, 2.45) is 5.73 Å². The number of anilines is 2. The minimum Gasteiger partial charge on any atom is -0.435 e. The summed E-state index contributed by atoms with van der Waals surface area (Å²) in [6, 6.07) is 13.7. The van der Waals surface area contributed by atoms with Crippen molar-refractivity contribution in [3.63, 3.8) is 0 Å². The molecule has 5 nitrogen and oxygen atoms in total. The van der Waals surface area contributed by atoms with E-state index in [4.69, 9.17) is 5.73 Å². The normalized spacial score (nSPS) is 16.0. The van der Waals surface area contributed by atoms with E-state index in [1.54, 1.807) is 12.1 Å². The van der Waals surface area contributed by atoms with Gasteiger partial charge in [0.15, 0.2) is 0 Å². The molecule has 1 aliphatic carbocycles. The third kappa shape index (κ3) is 4.49. The molecule has 0 spiro atoms. The summed E-state index contributed by atoms with van der Waals surface area (Å²) < 4.78 is 28.6. The van der Waals surface area contributed by atoms with E-state index in [0.29, 0.717) is 0 Å². The zero-order valence-electron chi connectivity index (χ0n) is 14.3. The van der Waals surface area contributed by atoms with Crippen molar-refractivity contribution < 1.29 is 18.3 Å². The summed E-state index contributed by atoms with van der Waals surface area (Å²) in [5.41, 5.74) is 7.76. The highest BCUT2D eigenvalue weighted by Crippen LogP contribution is 2.33. The molecule has 0 aromatic heterocycles. The van der Waals surface area contributed by atoms with Crippen LogP contribution in [0.5, 0.6) is 5.75 Å². The molecule has 1 aliphatic rings. The zero-order chi connectivity index (χ0) is 18.7. The molecule has 26 heavy (non-hydrogen) atoms. The third-order valence-electron chi connectivity index (χ3n) is 4.37. The van der Waals surface area contributed by atoms with Crippen LogP contribution in [0.4, 0.5) is 20.2 Å². The van der Waals surface area contributed by atoms with Gasteiger partial charge in [0.1, 0.15) is 5.75 Å². The number of hydrogen-bond donors (Lipinski definition) is 3. The summed E-state index contributed by atoms with van der Waals surface area (Å²) in [7, 11) is 0. The van der Waals surface area contributed by atoms with Crippen LogP contribution in [0.25, 0.3) is 0 Å². The summed E-state index contributed by atoms with van der Waals surface area (Å²) in [5.74, 6) is -0.00268. The third-order valence-corrected chi connectivity index (χ3v) is 4.37. The summed E-state index contributed by atoms with van der Waals surface area (Å²) in [6.45, 7) is -0.925. The number of ether oxygens (including phenoxy) is 1. The van der Waals surface area contributed by atoms with Crippen LogP contribution in [0.15, 0.2) is 48.5 Å². The Morgan fingerprint density at radius 2 is 1.62 bits per heavy atom. The lowest BCUT2D eigenvalue weighted by Gasteiger charge is -2.18. The molecule has 1 unspecified atom stereocenters. The van der Waals surface area contributed by atoms with Gasteiger partial charge < -0.3 is 21.1 Å². The second kappa shape index (κ2) is 7.29. The Labute approximate surface area is 150 Å². The number of halogens is 2. The zero-order valence-corrected chi connectivity index (χ0v) is 14.3. The molecule has 0 radical (unpaired) electrons. The summed E-state index contributed by atoms with van der Waals surface area (Å²) in [5, 5.41) is 6.11. The molecule has 1 saturated carbocycles. The van der Waals surface area contributed by atoms with Crippen LogP contribution in [0.2, 0.25) is 0 Å². The Hall–Kier alpha value is -2.67. The van der Waals surface area contributed by atoms with Crippen molar-refractivity contribution in [3.8, 4) is 5.75 Å². The van der Waals surface area contributed by atoms with Crippen molar-refractivity contribution in [2.45, 2.75) is 38.0 Å². The Kier molecular flexibility index (Phi) is 5.08. The van der Waals surface area contributed by atoms with Crippen molar-refractivity contribution >= 4 is 17.3 Å². The Bertz CT molecular complexity index is 759. The second-order valence-corrected chi connectivity index (χ2v) is 6.50. The number of benzene rings is 2. The molecule has 0 aliphatic heterocycles. The first-order chi connectivity index (χ1) is 12.4. The first-order valence-corrected chi connectivity index (χ1v) is 8.37. The first-order valence-electron chi connectivity index (χ1n) is 8.37. The smallest absolute Gasteiger partial charge is 0.387 e. The van der Waals surface area contributed by atoms with Gasteiger partial charge in [0.05, 0.1) is 11.6 Å². The van der Waals surface area contributed by atoms with E-state index in [9.17, 15) is 13.6 Å². The molecule has 1 atom stereocenters. The highest BCUT2D eigenvalue weighted by molar-refractivity contribution is 5.89. The van der Waals surface area contributed by atoms with Crippen LogP contribution in [-0.4, -0.2) is 18.1 Å². The molecule has 3 rings (SSSR count). The van der Waals surface area contributed by atoms with Gasteiger partial charge >= 0.3 is 6.61 Å². The van der Waals surface area contributed by atoms with Crippen LogP contribution in [0, 0.1) is 0 Å². The minimum absolute atomic E-state index is 0.110. The van der Waals surface area contributed by atoms with Crippen molar-refractivity contribution in [1.82, 2.24) is 5.32 Å². The maximum Gasteiger partial charge on any atom is 0.387 e. The SMILES string of the molecule is CC(NC(=O)C1(N)CC1)c1ccc(Nc2ccc(OC(F)F)cc2)cc1. The quantitative estimate of drug-likeness (QED) is 0.703. The molecule has 0 heterocycles. The van der Waals surface area contributed by atoms with Crippen LogP contribution in [-0.2, 0) is 4.79 Å². The molecular weight excluding hydrogens is 340 g/mol. The second-order valence-electron chi connectivity index (χ2n) is 6.50. The molecule has 2 aromatic rings. The fourth-order valence-corrected chi connectivity index (χ4v) is 2.53. The molecule has 7 heteroatoms. The fourth-order valence-electron chi connectivity index (χ4n) is 2.53. The summed E-state index contributed by atoms with van der Waals surface area (Å²) in [6.07, 6.45) is 1.46. The van der Waals surface area contributed by atoms with E-state index in [-0.39, 0.29) is 17.7 Å². The number of nitrogens with one attached hydrogen (secondary N) is 2. The monoisotopic (exact) mass is 361 g/mol. The molecule has 138 valence electrons. The lowest BCUT2D eigenvalue weighted by atomic mass is 10.1. The van der Waals surface area contributed by atoms with Gasteiger partial charge in [0.25, 0.3) is 0 Å². The molecule has 0 saturated heterocycles. The topological polar surface area (TPSA) is 76.4 Å². The number of carbonyl (C=O) groups excluding carboxylic acids is 1. The number of carbonyl (C=O) groups is 1. The molecular formula is C19H21F2N3O2. The maximum atomic E-state index is 12.1. The van der Waals surface area contributed by atoms with E-state index < -0.39 is 12.2 Å². The molecule has 0 bridgehead atoms. The predicted octanol–water partition coefficient (Wildman–Crippen LogP) is 3.70.